The number of hydrogen-bond donors (Lipinski definition) is 1. The van der Waals surface area contributed by atoms with E-state index in [1.54, 1.807) is 9.80 Å². The van der Waals surface area contributed by atoms with Gasteiger partial charge in [-0.05, 0) is 161 Å². The minimum atomic E-state index is -0.495. The second-order valence-electron chi connectivity index (χ2n) is 31.5. The molecule has 5 saturated heterocycles. The molecule has 8 aliphatic rings. The summed E-state index contributed by atoms with van der Waals surface area (Å²) in [7, 11) is 4.31. The number of anilines is 4. The monoisotopic (exact) mass is 1520 g/mol. The maximum Gasteiger partial charge on any atom is 0.410 e. The lowest BCUT2D eigenvalue weighted by molar-refractivity contribution is -0.126. The fourth-order valence-corrected chi connectivity index (χ4v) is 15.9. The van der Waals surface area contributed by atoms with E-state index in [0.717, 1.165) is 150 Å². The van der Waals surface area contributed by atoms with Crippen LogP contribution >= 0.6 is 25.1 Å². The number of carbonyl (C=O) groups is 3. The number of likely N-dealkylation sites (tertiary alicyclic amines) is 2. The molecule has 0 spiro atoms. The maximum absolute atomic E-state index is 12.6. The molecular weight excluding hydrogens is 1410 g/mol. The lowest BCUT2D eigenvalue weighted by Crippen LogP contribution is -2.50. The topological polar surface area (TPSA) is 230 Å². The number of halogens is 1. The molecule has 0 aliphatic carbocycles. The van der Waals surface area contributed by atoms with Gasteiger partial charge in [0.05, 0.1) is 41.0 Å². The smallest absolute Gasteiger partial charge is 0.410 e. The summed E-state index contributed by atoms with van der Waals surface area (Å²) in [5, 5.41) is 8.80. The van der Waals surface area contributed by atoms with E-state index in [1.165, 1.54) is 58.0 Å². The number of piperazine rings is 3. The van der Waals surface area contributed by atoms with Gasteiger partial charge in [0.15, 0.2) is 0 Å². The molecule has 2 atom stereocenters. The molecule has 0 bridgehead atoms. The third-order valence-corrected chi connectivity index (χ3v) is 21.7. The van der Waals surface area contributed by atoms with E-state index in [0.29, 0.717) is 109 Å². The van der Waals surface area contributed by atoms with E-state index >= 15 is 0 Å². The van der Waals surface area contributed by atoms with Crippen molar-refractivity contribution in [1.82, 2.24) is 74.4 Å². The van der Waals surface area contributed by atoms with Crippen LogP contribution in [0.25, 0.3) is 10.9 Å². The van der Waals surface area contributed by atoms with Crippen LogP contribution in [0.4, 0.5) is 32.7 Å². The van der Waals surface area contributed by atoms with Gasteiger partial charge in [0.2, 0.25) is 11.2 Å². The first-order chi connectivity index (χ1) is 51.5. The van der Waals surface area contributed by atoms with Crippen LogP contribution < -0.4 is 29.1 Å². The molecule has 15 rings (SSSR count). The van der Waals surface area contributed by atoms with Gasteiger partial charge >= 0.3 is 24.2 Å². The summed E-state index contributed by atoms with van der Waals surface area (Å²) < 4.78 is 23.6. The van der Waals surface area contributed by atoms with Crippen molar-refractivity contribution in [1.29, 1.82) is 0 Å². The van der Waals surface area contributed by atoms with Crippen LogP contribution in [0.1, 0.15) is 118 Å². The summed E-state index contributed by atoms with van der Waals surface area (Å²) in [6.07, 6.45) is 10.1. The molecule has 0 saturated carbocycles. The van der Waals surface area contributed by atoms with Crippen molar-refractivity contribution in [3.8, 4) is 12.0 Å². The van der Waals surface area contributed by atoms with Crippen LogP contribution in [-0.4, -0.2) is 254 Å². The summed E-state index contributed by atoms with van der Waals surface area (Å²) in [5.41, 5.74) is 11.7. The number of hydrogen-bond acceptors (Lipinski definition) is 22. The number of nitrogens with zero attached hydrogens (tertiary/aromatic N) is 18. The Morgan fingerprint density at radius 3 is 1.41 bits per heavy atom. The van der Waals surface area contributed by atoms with Gasteiger partial charge in [-0.25, -0.2) is 19.6 Å². The molecule has 28 heteroatoms. The van der Waals surface area contributed by atoms with E-state index in [-0.39, 0.29) is 36.9 Å². The predicted molar refractivity (Wildman–Crippen MR) is 427 cm³/mol. The van der Waals surface area contributed by atoms with Gasteiger partial charge in [-0.2, -0.15) is 38.5 Å². The number of amides is 3. The molecule has 26 nitrogen and oxygen atoms in total. The molecule has 580 valence electrons. The molecule has 5 fully saturated rings. The van der Waals surface area contributed by atoms with E-state index in [9.17, 15) is 14.4 Å². The Hall–Kier alpha value is -8.60. The van der Waals surface area contributed by atoms with Crippen molar-refractivity contribution < 1.29 is 33.3 Å². The van der Waals surface area contributed by atoms with Gasteiger partial charge in [-0.3, -0.25) is 19.7 Å². The number of aryl methyl sites for hydroxylation is 1. The molecule has 3 amide bonds. The predicted octanol–water partition coefficient (Wildman–Crippen LogP) is 9.95. The molecule has 1 N–H and O–H groups in total. The van der Waals surface area contributed by atoms with Crippen LogP contribution in [0.3, 0.4) is 0 Å². The summed E-state index contributed by atoms with van der Waals surface area (Å²) in [6, 6.07) is 27.0. The Bertz CT molecular complexity index is 4220. The molecule has 3 aromatic carbocycles. The first kappa shape index (κ1) is 79.0. The van der Waals surface area contributed by atoms with Crippen molar-refractivity contribution in [2.75, 3.05) is 158 Å². The first-order valence-corrected chi connectivity index (χ1v) is 38.8. The molecule has 8 aliphatic heterocycles. The minimum Gasteiger partial charge on any atom is -0.462 e. The summed E-state index contributed by atoms with van der Waals surface area (Å²) >= 11 is 6.31. The van der Waals surface area contributed by atoms with Crippen molar-refractivity contribution in [3.63, 3.8) is 0 Å². The summed E-state index contributed by atoms with van der Waals surface area (Å²) in [6.45, 7) is 35.4. The molecular formula is C80H110ClN19O7S. The number of likely N-dealkylation sites (N-methyl/N-ethyl adjacent to an activating group) is 2. The highest BCUT2D eigenvalue weighted by Crippen LogP contribution is 2.38. The Balaban J connectivity index is 0.000000152. The number of H-pyrrole nitrogens is 1. The Kier molecular flexibility index (Phi) is 25.9. The average molecular weight is 1520 g/mol. The highest BCUT2D eigenvalue weighted by Gasteiger charge is 2.36. The van der Waals surface area contributed by atoms with Crippen LogP contribution in [0.2, 0.25) is 5.28 Å². The van der Waals surface area contributed by atoms with Crippen molar-refractivity contribution in [2.24, 2.45) is 0 Å². The van der Waals surface area contributed by atoms with Crippen molar-refractivity contribution in [3.05, 3.63) is 147 Å². The SMILES string of the molecule is C=CC(=O)N1CCN(c2nc(OC[C@@H]3CCCN3C)nc3c2CCN(c2c(C)ccc4[nH]ncc24)C3)CC1.CC(C)(C)OC(=O)N1CCN(c2nc(Cl)nc3c2CCN(Cc2ccccc2)C3)CC1.CN1CCC[C@H]1COc1nc2c(c(N3CCN(C(=O)OC(C)(C)C)CC3)n1)CCN(Cc1ccccc1)C2.S. The zero-order valence-electron chi connectivity index (χ0n) is 64.7. The van der Waals surface area contributed by atoms with Gasteiger partial charge < -0.3 is 63.0 Å². The molecule has 12 heterocycles. The molecule has 4 aromatic heterocycles. The zero-order valence-corrected chi connectivity index (χ0v) is 66.4. The second kappa shape index (κ2) is 35.4. The molecule has 7 aromatic rings. The number of rotatable bonds is 15. The van der Waals surface area contributed by atoms with Gasteiger partial charge in [0.1, 0.15) is 41.9 Å². The van der Waals surface area contributed by atoms with Gasteiger partial charge in [0, 0.05) is 159 Å². The fourth-order valence-electron chi connectivity index (χ4n) is 15.7. The Morgan fingerprint density at radius 2 is 0.963 bits per heavy atom. The number of benzene rings is 3. The Morgan fingerprint density at radius 1 is 0.528 bits per heavy atom. The zero-order chi connectivity index (χ0) is 74.9. The van der Waals surface area contributed by atoms with E-state index in [4.69, 9.17) is 50.5 Å². The molecule has 0 unspecified atom stereocenters. The number of aromatic amines is 1. The third-order valence-electron chi connectivity index (χ3n) is 21.5. The quantitative estimate of drug-likeness (QED) is 0.0743. The van der Waals surface area contributed by atoms with Crippen molar-refractivity contribution in [2.45, 2.75) is 149 Å². The Labute approximate surface area is 648 Å². The standard InChI is InChI=1S/C29H42N6O3.C28H36N8O2.C23H30ClN5O2.H2S/c1-29(2,3)38-28(36)35-17-15-34(16-18-35)26-24-12-14-33(19-22-9-6-5-7-10-22)20-25(24)30-27(31-26)37-21-23-11-8-13-32(23)4;1-4-25(37)34-12-14-35(15-13-34)27-21-9-11-36(26-19(2)7-8-23-22(26)16-29-32-23)17-24(21)30-28(31-27)38-18-20-6-5-10-33(20)3;1-23(2,3)31-22(30)29-13-11-28(12-14-29)20-18-9-10-27(15-17-7-5-4-6-8-17)16-19(18)25-21(24)26-20;/h5-7,9-10,23H,8,11-21H2,1-4H3;4,7-8,16,20H,1,5-6,9-15,17-18H2,2-3H3,(H,29,32);4-8H,9-16H2,1-3H3;1H2/t23-;20-;;/m00../s1. The van der Waals surface area contributed by atoms with Crippen LogP contribution in [-0.2, 0) is 66.3 Å². The highest BCUT2D eigenvalue weighted by atomic mass is 35.5. The highest BCUT2D eigenvalue weighted by molar-refractivity contribution is 7.59. The lowest BCUT2D eigenvalue weighted by atomic mass is 10.0. The fraction of sp³-hybridized carbons (Fsp3) is 0.550. The van der Waals surface area contributed by atoms with Crippen LogP contribution in [0.5, 0.6) is 12.0 Å². The lowest BCUT2D eigenvalue weighted by Gasteiger charge is -2.38. The second-order valence-corrected chi connectivity index (χ2v) is 31.8. The number of fused-ring (bicyclic) bond motifs is 4. The molecule has 108 heavy (non-hydrogen) atoms. The number of carbonyl (C=O) groups excluding carboxylic acids is 3. The average Bonchev–Trinajstić information content (AvgIpc) is 1.24. The van der Waals surface area contributed by atoms with Gasteiger partial charge in [-0.1, -0.05) is 73.3 Å². The summed E-state index contributed by atoms with van der Waals surface area (Å²) in [5.74, 6) is 2.82. The normalized spacial score (nSPS) is 19.4. The number of aromatic nitrogens is 8. The van der Waals surface area contributed by atoms with Crippen LogP contribution in [0, 0.1) is 6.92 Å². The first-order valence-electron chi connectivity index (χ1n) is 38.4. The number of nitrogens with one attached hydrogen (secondary N) is 1. The largest absolute Gasteiger partial charge is 0.462 e. The minimum absolute atomic E-state index is 0. The molecule has 0 radical (unpaired) electrons. The van der Waals surface area contributed by atoms with Crippen molar-refractivity contribution >= 4 is 77.2 Å². The van der Waals surface area contributed by atoms with E-state index in [1.807, 2.05) is 58.7 Å². The summed E-state index contributed by atoms with van der Waals surface area (Å²) in [4.78, 5) is 90.2. The maximum atomic E-state index is 12.6. The van der Waals surface area contributed by atoms with Gasteiger partial charge in [-0.15, -0.1) is 0 Å². The van der Waals surface area contributed by atoms with Gasteiger partial charge in [0.25, 0.3) is 0 Å². The van der Waals surface area contributed by atoms with E-state index < -0.39 is 11.2 Å². The third kappa shape index (κ3) is 19.9. The number of ether oxygens (including phenoxy) is 4. The van der Waals surface area contributed by atoms with Crippen LogP contribution in [0.15, 0.2) is 91.6 Å². The van der Waals surface area contributed by atoms with E-state index in [2.05, 4.69) is 154 Å².